The van der Waals surface area contributed by atoms with Crippen LogP contribution < -0.4 is 9.62 Å². The van der Waals surface area contributed by atoms with Gasteiger partial charge in [-0.3, -0.25) is 9.10 Å². The van der Waals surface area contributed by atoms with Gasteiger partial charge in [0.25, 0.3) is 0 Å². The molecule has 158 valence electrons. The molecule has 0 aliphatic rings. The van der Waals surface area contributed by atoms with Crippen LogP contribution in [-0.4, -0.2) is 26.6 Å². The SMILES string of the molecule is Cc1ccc(C)c(N(C(C)C(=O)NC(C)c2cc(C)c(C)cc2C)S(C)(=O)=O)c1. The highest BCUT2D eigenvalue weighted by atomic mass is 32.2. The zero-order valence-electron chi connectivity index (χ0n) is 18.6. The lowest BCUT2D eigenvalue weighted by Crippen LogP contribution is -2.48. The zero-order chi connectivity index (χ0) is 22.1. The Morgan fingerprint density at radius 2 is 1.48 bits per heavy atom. The topological polar surface area (TPSA) is 66.5 Å². The fourth-order valence-corrected chi connectivity index (χ4v) is 4.82. The molecular formula is C23H32N2O3S. The molecule has 2 unspecified atom stereocenters. The van der Waals surface area contributed by atoms with Gasteiger partial charge in [-0.1, -0.05) is 24.3 Å². The number of hydrogen-bond donors (Lipinski definition) is 1. The van der Waals surface area contributed by atoms with E-state index in [1.807, 2.05) is 46.8 Å². The Morgan fingerprint density at radius 3 is 2.07 bits per heavy atom. The van der Waals surface area contributed by atoms with Crippen molar-refractivity contribution >= 4 is 21.6 Å². The summed E-state index contributed by atoms with van der Waals surface area (Å²) in [6, 6.07) is 8.68. The van der Waals surface area contributed by atoms with Gasteiger partial charge in [-0.05, 0) is 87.9 Å². The van der Waals surface area contributed by atoms with Crippen molar-refractivity contribution in [2.75, 3.05) is 10.6 Å². The van der Waals surface area contributed by atoms with Crippen molar-refractivity contribution in [2.45, 2.75) is 60.5 Å². The van der Waals surface area contributed by atoms with E-state index < -0.39 is 16.1 Å². The molecule has 0 aliphatic heterocycles. The molecule has 0 radical (unpaired) electrons. The van der Waals surface area contributed by atoms with Crippen molar-refractivity contribution < 1.29 is 13.2 Å². The third-order valence-electron chi connectivity index (χ3n) is 5.40. The molecule has 2 aromatic rings. The minimum atomic E-state index is -3.65. The highest BCUT2D eigenvalue weighted by molar-refractivity contribution is 7.92. The summed E-state index contributed by atoms with van der Waals surface area (Å²) in [6.07, 6.45) is 1.13. The number of amides is 1. The second kappa shape index (κ2) is 8.57. The lowest BCUT2D eigenvalue weighted by molar-refractivity contribution is -0.122. The van der Waals surface area contributed by atoms with E-state index in [0.717, 1.165) is 34.1 Å². The van der Waals surface area contributed by atoms with Crippen molar-refractivity contribution in [1.29, 1.82) is 0 Å². The van der Waals surface area contributed by atoms with Crippen LogP contribution in [-0.2, 0) is 14.8 Å². The molecule has 0 aliphatic carbocycles. The van der Waals surface area contributed by atoms with Crippen LogP contribution in [0.2, 0.25) is 0 Å². The van der Waals surface area contributed by atoms with Gasteiger partial charge in [0, 0.05) is 0 Å². The third-order valence-corrected chi connectivity index (χ3v) is 6.63. The number of carbonyl (C=O) groups is 1. The van der Waals surface area contributed by atoms with Crippen LogP contribution in [0.5, 0.6) is 0 Å². The molecule has 2 rings (SSSR count). The molecule has 0 spiro atoms. The van der Waals surface area contributed by atoms with Crippen molar-refractivity contribution in [3.8, 4) is 0 Å². The first kappa shape index (κ1) is 22.9. The number of nitrogens with one attached hydrogen (secondary N) is 1. The minimum Gasteiger partial charge on any atom is -0.348 e. The lowest BCUT2D eigenvalue weighted by atomic mass is 9.96. The van der Waals surface area contributed by atoms with Gasteiger partial charge in [-0.25, -0.2) is 8.42 Å². The first-order chi connectivity index (χ1) is 13.3. The molecule has 2 aromatic carbocycles. The molecule has 5 nitrogen and oxygen atoms in total. The molecule has 0 fully saturated rings. The summed E-state index contributed by atoms with van der Waals surface area (Å²) in [7, 11) is -3.65. The average Bonchev–Trinajstić information content (AvgIpc) is 2.59. The number of aryl methyl sites for hydroxylation is 5. The van der Waals surface area contributed by atoms with Crippen molar-refractivity contribution in [3.05, 3.63) is 63.7 Å². The van der Waals surface area contributed by atoms with Gasteiger partial charge in [0.15, 0.2) is 0 Å². The second-order valence-corrected chi connectivity index (χ2v) is 9.91. The van der Waals surface area contributed by atoms with Crippen LogP contribution in [0.1, 0.15) is 53.3 Å². The summed E-state index contributed by atoms with van der Waals surface area (Å²) >= 11 is 0. The number of rotatable bonds is 6. The number of carbonyl (C=O) groups excluding carboxylic acids is 1. The molecule has 2 atom stereocenters. The van der Waals surface area contributed by atoms with Gasteiger partial charge < -0.3 is 5.32 Å². The van der Waals surface area contributed by atoms with Crippen LogP contribution >= 0.6 is 0 Å². The van der Waals surface area contributed by atoms with Gasteiger partial charge >= 0.3 is 0 Å². The van der Waals surface area contributed by atoms with Crippen molar-refractivity contribution in [2.24, 2.45) is 0 Å². The molecule has 0 saturated carbocycles. The fraction of sp³-hybridized carbons (Fsp3) is 0.435. The summed E-state index contributed by atoms with van der Waals surface area (Å²) in [6.45, 7) is 13.4. The predicted octanol–water partition coefficient (Wildman–Crippen LogP) is 4.26. The Bertz CT molecular complexity index is 1030. The zero-order valence-corrected chi connectivity index (χ0v) is 19.4. The highest BCUT2D eigenvalue weighted by Crippen LogP contribution is 2.27. The summed E-state index contributed by atoms with van der Waals surface area (Å²) in [5.41, 5.74) is 6.77. The third kappa shape index (κ3) is 5.18. The van der Waals surface area contributed by atoms with Gasteiger partial charge in [0.2, 0.25) is 15.9 Å². The van der Waals surface area contributed by atoms with E-state index in [4.69, 9.17) is 0 Å². The van der Waals surface area contributed by atoms with Gasteiger partial charge in [0.05, 0.1) is 18.0 Å². The fourth-order valence-electron chi connectivity index (χ4n) is 3.60. The standard InChI is InChI=1S/C23H32N2O3S/c1-14-9-10-15(2)22(11-14)25(29(8,27)28)20(7)23(26)24-19(6)21-13-17(4)16(3)12-18(21)5/h9-13,19-20H,1-8H3,(H,24,26). The van der Waals surface area contributed by atoms with Crippen LogP contribution in [0.15, 0.2) is 30.3 Å². The Balaban J connectivity index is 2.35. The van der Waals surface area contributed by atoms with Crippen LogP contribution in [0, 0.1) is 34.6 Å². The lowest BCUT2D eigenvalue weighted by Gasteiger charge is -2.31. The second-order valence-electron chi connectivity index (χ2n) is 8.05. The molecular weight excluding hydrogens is 384 g/mol. The number of sulfonamides is 1. The van der Waals surface area contributed by atoms with Crippen molar-refractivity contribution in [3.63, 3.8) is 0 Å². The minimum absolute atomic E-state index is 0.232. The molecule has 1 N–H and O–H groups in total. The Hall–Kier alpha value is -2.34. The van der Waals surface area contributed by atoms with E-state index in [1.165, 1.54) is 9.87 Å². The quantitative estimate of drug-likeness (QED) is 0.765. The normalized spacial score (nSPS) is 13.7. The number of hydrogen-bond acceptors (Lipinski definition) is 3. The Morgan fingerprint density at radius 1 is 0.897 bits per heavy atom. The molecule has 0 saturated heterocycles. The summed E-state index contributed by atoms with van der Waals surface area (Å²) in [4.78, 5) is 13.0. The van der Waals surface area contributed by atoms with E-state index in [0.29, 0.717) is 5.69 Å². The summed E-state index contributed by atoms with van der Waals surface area (Å²) < 4.78 is 26.4. The smallest absolute Gasteiger partial charge is 0.244 e. The van der Waals surface area contributed by atoms with E-state index >= 15 is 0 Å². The molecule has 0 heterocycles. The first-order valence-corrected chi connectivity index (χ1v) is 11.6. The molecule has 29 heavy (non-hydrogen) atoms. The monoisotopic (exact) mass is 416 g/mol. The maximum atomic E-state index is 13.0. The molecule has 1 amide bonds. The Labute approximate surface area is 175 Å². The molecule has 0 aromatic heterocycles. The number of benzene rings is 2. The Kier molecular flexibility index (Phi) is 6.78. The van der Waals surface area contributed by atoms with Gasteiger partial charge in [-0.15, -0.1) is 0 Å². The number of nitrogens with zero attached hydrogens (tertiary/aromatic N) is 1. The maximum Gasteiger partial charge on any atom is 0.244 e. The van der Waals surface area contributed by atoms with Crippen LogP contribution in [0.4, 0.5) is 5.69 Å². The number of anilines is 1. The largest absolute Gasteiger partial charge is 0.348 e. The van der Waals surface area contributed by atoms with E-state index in [1.54, 1.807) is 13.0 Å². The average molecular weight is 417 g/mol. The summed E-state index contributed by atoms with van der Waals surface area (Å²) in [5, 5.41) is 2.99. The van der Waals surface area contributed by atoms with Gasteiger partial charge in [0.1, 0.15) is 6.04 Å². The van der Waals surface area contributed by atoms with Gasteiger partial charge in [-0.2, -0.15) is 0 Å². The van der Waals surface area contributed by atoms with E-state index in [9.17, 15) is 13.2 Å². The van der Waals surface area contributed by atoms with Crippen molar-refractivity contribution in [1.82, 2.24) is 5.32 Å². The molecule has 6 heteroatoms. The maximum absolute atomic E-state index is 13.0. The van der Waals surface area contributed by atoms with Crippen LogP contribution in [0.3, 0.4) is 0 Å². The van der Waals surface area contributed by atoms with E-state index in [2.05, 4.69) is 24.4 Å². The van der Waals surface area contributed by atoms with Crippen LogP contribution in [0.25, 0.3) is 0 Å². The predicted molar refractivity (Wildman–Crippen MR) is 120 cm³/mol. The highest BCUT2D eigenvalue weighted by Gasteiger charge is 2.31. The molecule has 0 bridgehead atoms. The van der Waals surface area contributed by atoms with E-state index in [-0.39, 0.29) is 11.9 Å². The first-order valence-electron chi connectivity index (χ1n) is 9.77. The summed E-state index contributed by atoms with van der Waals surface area (Å²) in [5.74, 6) is -0.332.